The van der Waals surface area contributed by atoms with Gasteiger partial charge >= 0.3 is 0 Å². The van der Waals surface area contributed by atoms with Crippen molar-refractivity contribution in [1.82, 2.24) is 19.5 Å². The summed E-state index contributed by atoms with van der Waals surface area (Å²) in [6.07, 6.45) is 0. The van der Waals surface area contributed by atoms with Crippen molar-refractivity contribution >= 4 is 34.0 Å². The highest BCUT2D eigenvalue weighted by Crippen LogP contribution is 2.30. The first-order valence-electron chi connectivity index (χ1n) is 7.52. The van der Waals surface area contributed by atoms with Crippen LogP contribution in [0.4, 0.5) is 5.82 Å². The van der Waals surface area contributed by atoms with Crippen molar-refractivity contribution in [2.75, 3.05) is 38.1 Å². The highest BCUT2D eigenvalue weighted by molar-refractivity contribution is 6.34. The highest BCUT2D eigenvalue weighted by atomic mass is 35.5. The van der Waals surface area contributed by atoms with E-state index in [2.05, 4.69) is 34.1 Å². The van der Waals surface area contributed by atoms with Crippen molar-refractivity contribution in [3.8, 4) is 0 Å². The molecule has 1 aromatic carbocycles. The van der Waals surface area contributed by atoms with Gasteiger partial charge in [0.05, 0.1) is 11.2 Å². The van der Waals surface area contributed by atoms with Gasteiger partial charge in [-0.3, -0.25) is 0 Å². The molecule has 0 N–H and O–H groups in total. The molecule has 4 rings (SSSR count). The largest absolute Gasteiger partial charge is 0.353 e. The summed E-state index contributed by atoms with van der Waals surface area (Å²) in [7, 11) is 2.16. The number of nitrogens with zero attached hydrogens (tertiary/aromatic N) is 5. The van der Waals surface area contributed by atoms with Crippen LogP contribution >= 0.6 is 11.6 Å². The Bertz CT molecular complexity index is 848. The van der Waals surface area contributed by atoms with Crippen LogP contribution in [0, 0.1) is 6.92 Å². The van der Waals surface area contributed by atoms with E-state index < -0.39 is 0 Å². The third-order valence-electron chi connectivity index (χ3n) is 4.35. The van der Waals surface area contributed by atoms with E-state index in [9.17, 15) is 0 Å². The Hall–Kier alpha value is -1.85. The van der Waals surface area contributed by atoms with E-state index in [4.69, 9.17) is 16.6 Å². The Labute approximate surface area is 134 Å². The zero-order valence-electron chi connectivity index (χ0n) is 12.8. The average Bonchev–Trinajstić information content (AvgIpc) is 2.83. The summed E-state index contributed by atoms with van der Waals surface area (Å²) >= 11 is 6.40. The Kier molecular flexibility index (Phi) is 3.20. The molecule has 0 unspecified atom stereocenters. The molecule has 6 heteroatoms. The summed E-state index contributed by atoms with van der Waals surface area (Å²) in [5.41, 5.74) is 2.61. The van der Waals surface area contributed by atoms with Gasteiger partial charge in [0.15, 0.2) is 5.65 Å². The van der Waals surface area contributed by atoms with Gasteiger partial charge in [-0.15, -0.1) is 0 Å². The smallest absolute Gasteiger partial charge is 0.176 e. The number of aromatic nitrogens is 3. The molecule has 0 spiro atoms. The van der Waals surface area contributed by atoms with Crippen molar-refractivity contribution in [3.05, 3.63) is 35.0 Å². The summed E-state index contributed by atoms with van der Waals surface area (Å²) in [4.78, 5) is 9.54. The molecule has 3 aromatic rings. The molecule has 5 nitrogen and oxygen atoms in total. The van der Waals surface area contributed by atoms with Crippen LogP contribution < -0.4 is 4.90 Å². The molecule has 22 heavy (non-hydrogen) atoms. The van der Waals surface area contributed by atoms with E-state index in [0.29, 0.717) is 5.02 Å². The van der Waals surface area contributed by atoms with Crippen LogP contribution in [-0.4, -0.2) is 52.7 Å². The van der Waals surface area contributed by atoms with E-state index in [1.807, 2.05) is 23.6 Å². The molecule has 0 amide bonds. The lowest BCUT2D eigenvalue weighted by atomic mass is 10.2. The monoisotopic (exact) mass is 315 g/mol. The minimum Gasteiger partial charge on any atom is -0.353 e. The number of hydrogen-bond acceptors (Lipinski definition) is 4. The summed E-state index contributed by atoms with van der Waals surface area (Å²) in [6.45, 7) is 5.98. The molecule has 0 saturated carbocycles. The highest BCUT2D eigenvalue weighted by Gasteiger charge is 2.21. The molecule has 0 atom stereocenters. The number of halogens is 1. The lowest BCUT2D eigenvalue weighted by Gasteiger charge is -2.33. The topological polar surface area (TPSA) is 36.7 Å². The number of piperazine rings is 1. The predicted octanol–water partition coefficient (Wildman–Crippen LogP) is 2.60. The molecule has 0 aliphatic carbocycles. The van der Waals surface area contributed by atoms with Crippen molar-refractivity contribution in [2.24, 2.45) is 0 Å². The van der Waals surface area contributed by atoms with Crippen LogP contribution in [0.15, 0.2) is 24.3 Å². The van der Waals surface area contributed by atoms with Crippen molar-refractivity contribution in [3.63, 3.8) is 0 Å². The lowest BCUT2D eigenvalue weighted by molar-refractivity contribution is 0.312. The number of aryl methyl sites for hydroxylation is 1. The van der Waals surface area contributed by atoms with E-state index in [0.717, 1.165) is 54.2 Å². The molecule has 1 saturated heterocycles. The molecular formula is C16H18ClN5. The first kappa shape index (κ1) is 13.8. The summed E-state index contributed by atoms with van der Waals surface area (Å²) in [5, 5.41) is 6.30. The third-order valence-corrected chi connectivity index (χ3v) is 4.79. The number of rotatable bonds is 1. The van der Waals surface area contributed by atoms with Crippen molar-refractivity contribution < 1.29 is 0 Å². The zero-order valence-corrected chi connectivity index (χ0v) is 13.5. The fraction of sp³-hybridized carbons (Fsp3) is 0.375. The predicted molar refractivity (Wildman–Crippen MR) is 90.0 cm³/mol. The van der Waals surface area contributed by atoms with Gasteiger partial charge in [0.2, 0.25) is 0 Å². The first-order valence-corrected chi connectivity index (χ1v) is 7.90. The number of fused-ring (bicyclic) bond motifs is 3. The van der Waals surface area contributed by atoms with Crippen LogP contribution in [0.25, 0.3) is 16.6 Å². The van der Waals surface area contributed by atoms with E-state index in [1.54, 1.807) is 0 Å². The number of anilines is 1. The van der Waals surface area contributed by atoms with E-state index in [-0.39, 0.29) is 0 Å². The molecule has 3 heterocycles. The standard InChI is InChI=1S/C16H18ClN5/c1-11-14(17)16-18-15(21-9-7-20(2)8-10-21)12-5-3-4-6-13(12)22(16)19-11/h3-6H,7-10H2,1-2H3. The van der Waals surface area contributed by atoms with Crippen molar-refractivity contribution in [1.29, 1.82) is 0 Å². The average molecular weight is 316 g/mol. The maximum atomic E-state index is 6.40. The second-order valence-electron chi connectivity index (χ2n) is 5.88. The summed E-state index contributed by atoms with van der Waals surface area (Å²) in [6, 6.07) is 8.26. The maximum absolute atomic E-state index is 6.40. The van der Waals surface area contributed by atoms with Gasteiger partial charge in [-0.05, 0) is 26.1 Å². The SMILES string of the molecule is Cc1nn2c(nc(N3CCN(C)CC3)c3ccccc32)c1Cl. The molecule has 1 aliphatic rings. The molecule has 0 radical (unpaired) electrons. The molecule has 1 aliphatic heterocycles. The normalized spacial score (nSPS) is 16.8. The second kappa shape index (κ2) is 5.11. The minimum absolute atomic E-state index is 0.640. The van der Waals surface area contributed by atoms with Crippen LogP contribution in [0.5, 0.6) is 0 Å². The Balaban J connectivity index is 1.97. The lowest BCUT2D eigenvalue weighted by Crippen LogP contribution is -2.45. The van der Waals surface area contributed by atoms with Gasteiger partial charge in [0.25, 0.3) is 0 Å². The number of para-hydroxylation sites is 1. The maximum Gasteiger partial charge on any atom is 0.176 e. The summed E-state index contributed by atoms with van der Waals surface area (Å²) < 4.78 is 1.85. The fourth-order valence-electron chi connectivity index (χ4n) is 3.03. The summed E-state index contributed by atoms with van der Waals surface area (Å²) in [5.74, 6) is 1.01. The molecule has 114 valence electrons. The van der Waals surface area contributed by atoms with Gasteiger partial charge in [-0.1, -0.05) is 23.7 Å². The van der Waals surface area contributed by atoms with Crippen molar-refractivity contribution in [2.45, 2.75) is 6.92 Å². The zero-order chi connectivity index (χ0) is 15.3. The molecule has 2 aromatic heterocycles. The van der Waals surface area contributed by atoms with E-state index >= 15 is 0 Å². The van der Waals surface area contributed by atoms with Gasteiger partial charge in [0.1, 0.15) is 10.8 Å². The van der Waals surface area contributed by atoms with Crippen LogP contribution in [0.2, 0.25) is 5.02 Å². The van der Waals surface area contributed by atoms with Gasteiger partial charge in [-0.25, -0.2) is 9.50 Å². The first-order chi connectivity index (χ1) is 10.6. The molecular weight excluding hydrogens is 298 g/mol. The Morgan fingerprint density at radius 1 is 1.09 bits per heavy atom. The third kappa shape index (κ3) is 2.04. The number of likely N-dealkylation sites (N-methyl/N-ethyl adjacent to an activating group) is 1. The quantitative estimate of drug-likeness (QED) is 0.691. The Morgan fingerprint density at radius 3 is 2.59 bits per heavy atom. The second-order valence-corrected chi connectivity index (χ2v) is 6.26. The van der Waals surface area contributed by atoms with E-state index in [1.165, 1.54) is 0 Å². The van der Waals surface area contributed by atoms with Gasteiger partial charge in [0, 0.05) is 31.6 Å². The van der Waals surface area contributed by atoms with Crippen LogP contribution in [0.1, 0.15) is 5.69 Å². The van der Waals surface area contributed by atoms with Gasteiger partial charge < -0.3 is 9.80 Å². The van der Waals surface area contributed by atoms with Gasteiger partial charge in [-0.2, -0.15) is 5.10 Å². The van der Waals surface area contributed by atoms with Crippen LogP contribution in [-0.2, 0) is 0 Å². The fourth-order valence-corrected chi connectivity index (χ4v) is 3.19. The molecule has 1 fully saturated rings. The Morgan fingerprint density at radius 2 is 1.82 bits per heavy atom. The molecule has 0 bridgehead atoms. The minimum atomic E-state index is 0.640. The number of hydrogen-bond donors (Lipinski definition) is 0. The van der Waals surface area contributed by atoms with Crippen LogP contribution in [0.3, 0.4) is 0 Å². The number of benzene rings is 1.